The van der Waals surface area contributed by atoms with Crippen LogP contribution in [0.3, 0.4) is 0 Å². The number of hydrogen-bond donors (Lipinski definition) is 1. The van der Waals surface area contributed by atoms with Crippen LogP contribution in [-0.2, 0) is 14.3 Å². The van der Waals surface area contributed by atoms with E-state index in [2.05, 4.69) is 4.74 Å². The molecule has 1 N–H and O–H groups in total. The molecule has 0 saturated heterocycles. The maximum atomic E-state index is 11.2. The maximum absolute atomic E-state index is 11.2. The van der Waals surface area contributed by atoms with Crippen molar-refractivity contribution in [1.82, 2.24) is 0 Å². The molecule has 0 aromatic rings. The van der Waals surface area contributed by atoms with E-state index in [1.165, 1.54) is 7.11 Å². The van der Waals surface area contributed by atoms with E-state index in [0.717, 1.165) is 0 Å². The number of hydrogen-bond acceptors (Lipinski definition) is 3. The molecule has 0 atom stereocenters. The lowest BCUT2D eigenvalue weighted by atomic mass is 9.91. The Morgan fingerprint density at radius 2 is 1.87 bits per heavy atom. The lowest BCUT2D eigenvalue weighted by Gasteiger charge is -2.15. The van der Waals surface area contributed by atoms with Crippen molar-refractivity contribution in [1.29, 1.82) is 0 Å². The van der Waals surface area contributed by atoms with Gasteiger partial charge in [0, 0.05) is 5.57 Å². The summed E-state index contributed by atoms with van der Waals surface area (Å²) in [5, 5.41) is 8.61. The molecule has 0 fully saturated rings. The largest absolute Gasteiger partial charge is 0.481 e. The van der Waals surface area contributed by atoms with Crippen LogP contribution in [0.5, 0.6) is 0 Å². The Morgan fingerprint density at radius 3 is 2.20 bits per heavy atom. The zero-order valence-electron chi connectivity index (χ0n) is 9.66. The molecule has 0 bridgehead atoms. The Bertz CT molecular complexity index is 271. The highest BCUT2D eigenvalue weighted by Crippen LogP contribution is 2.21. The number of methoxy groups -OCH3 is 1. The quantitative estimate of drug-likeness (QED) is 0.574. The van der Waals surface area contributed by atoms with Crippen LogP contribution in [0.25, 0.3) is 0 Å². The predicted molar refractivity (Wildman–Crippen MR) is 56.4 cm³/mol. The third-order valence-corrected chi connectivity index (χ3v) is 1.75. The highest BCUT2D eigenvalue weighted by atomic mass is 16.5. The van der Waals surface area contributed by atoms with Crippen LogP contribution in [-0.4, -0.2) is 24.2 Å². The van der Waals surface area contributed by atoms with E-state index >= 15 is 0 Å². The first-order valence-electron chi connectivity index (χ1n) is 4.75. The van der Waals surface area contributed by atoms with Gasteiger partial charge in [0.1, 0.15) is 0 Å². The predicted octanol–water partition coefficient (Wildman–Crippen LogP) is 2.00. The second-order valence-corrected chi connectivity index (χ2v) is 4.56. The molecule has 0 amide bonds. The number of carbonyl (C=O) groups is 2. The number of carboxylic acid groups (broad SMARTS) is 1. The van der Waals surface area contributed by atoms with Gasteiger partial charge in [0.25, 0.3) is 0 Å². The van der Waals surface area contributed by atoms with Crippen molar-refractivity contribution in [2.75, 3.05) is 7.11 Å². The van der Waals surface area contributed by atoms with Crippen molar-refractivity contribution in [3.8, 4) is 0 Å². The van der Waals surface area contributed by atoms with Gasteiger partial charge in [0.2, 0.25) is 0 Å². The van der Waals surface area contributed by atoms with Gasteiger partial charge in [-0.05, 0) is 11.8 Å². The fourth-order valence-corrected chi connectivity index (χ4v) is 0.951. The molecular weight excluding hydrogens is 196 g/mol. The molecule has 0 aromatic heterocycles. The van der Waals surface area contributed by atoms with Crippen molar-refractivity contribution in [3.63, 3.8) is 0 Å². The van der Waals surface area contributed by atoms with Crippen LogP contribution in [0.4, 0.5) is 0 Å². The number of carboxylic acids is 1. The van der Waals surface area contributed by atoms with Gasteiger partial charge < -0.3 is 9.84 Å². The summed E-state index contributed by atoms with van der Waals surface area (Å²) in [5.41, 5.74) is 0.234. The van der Waals surface area contributed by atoms with Crippen LogP contribution in [0.1, 0.15) is 33.6 Å². The number of aliphatic carboxylic acids is 1. The molecule has 86 valence electrons. The monoisotopic (exact) mass is 214 g/mol. The molecule has 0 spiro atoms. The Morgan fingerprint density at radius 1 is 1.33 bits per heavy atom. The fraction of sp³-hybridized carbons (Fsp3) is 0.636. The standard InChI is InChI=1S/C11H18O4/c1-11(2,3)6-5-8(7-9(12)13)10(14)15-4/h5H,6-7H2,1-4H3,(H,12,13)/b8-5+. The minimum absolute atomic E-state index is 0.0256. The Kier molecular flexibility index (Phi) is 5.05. The van der Waals surface area contributed by atoms with Crippen molar-refractivity contribution >= 4 is 11.9 Å². The lowest BCUT2D eigenvalue weighted by molar-refractivity contribution is -0.141. The van der Waals surface area contributed by atoms with Crippen molar-refractivity contribution < 1.29 is 19.4 Å². The normalized spacial score (nSPS) is 12.4. The zero-order chi connectivity index (χ0) is 12.1. The second-order valence-electron chi connectivity index (χ2n) is 4.56. The van der Waals surface area contributed by atoms with Gasteiger partial charge in [0.15, 0.2) is 0 Å². The number of allylic oxidation sites excluding steroid dienone is 1. The average Bonchev–Trinajstić information content (AvgIpc) is 2.09. The summed E-state index contributed by atoms with van der Waals surface area (Å²) in [6, 6.07) is 0. The number of rotatable bonds is 4. The molecule has 0 aliphatic heterocycles. The maximum Gasteiger partial charge on any atom is 0.333 e. The van der Waals surface area contributed by atoms with Crippen molar-refractivity contribution in [3.05, 3.63) is 11.6 Å². The molecule has 0 aliphatic rings. The van der Waals surface area contributed by atoms with Crippen molar-refractivity contribution in [2.24, 2.45) is 5.41 Å². The zero-order valence-corrected chi connectivity index (χ0v) is 9.66. The average molecular weight is 214 g/mol. The summed E-state index contributed by atoms with van der Waals surface area (Å²) in [6.07, 6.45) is 1.99. The third kappa shape index (κ3) is 6.71. The number of ether oxygens (including phenoxy) is 1. The van der Waals surface area contributed by atoms with Gasteiger partial charge in [-0.3, -0.25) is 4.79 Å². The van der Waals surface area contributed by atoms with Gasteiger partial charge in [-0.2, -0.15) is 0 Å². The molecule has 4 nitrogen and oxygen atoms in total. The minimum Gasteiger partial charge on any atom is -0.481 e. The summed E-state index contributed by atoms with van der Waals surface area (Å²) in [4.78, 5) is 21.7. The van der Waals surface area contributed by atoms with Crippen LogP contribution in [0.2, 0.25) is 0 Å². The van der Waals surface area contributed by atoms with Gasteiger partial charge in [0.05, 0.1) is 13.5 Å². The summed E-state index contributed by atoms with van der Waals surface area (Å²) < 4.78 is 4.51. The van der Waals surface area contributed by atoms with Crippen LogP contribution in [0.15, 0.2) is 11.6 Å². The van der Waals surface area contributed by atoms with E-state index in [4.69, 9.17) is 5.11 Å². The van der Waals surface area contributed by atoms with E-state index in [0.29, 0.717) is 6.42 Å². The second kappa shape index (κ2) is 5.53. The first-order chi connectivity index (χ1) is 6.76. The Labute approximate surface area is 89.9 Å². The summed E-state index contributed by atoms with van der Waals surface area (Å²) >= 11 is 0. The molecule has 0 rings (SSSR count). The lowest BCUT2D eigenvalue weighted by Crippen LogP contribution is -2.11. The van der Waals surface area contributed by atoms with E-state index in [1.54, 1.807) is 6.08 Å². The summed E-state index contributed by atoms with van der Waals surface area (Å²) in [6.45, 7) is 6.04. The van der Waals surface area contributed by atoms with Crippen LogP contribution >= 0.6 is 0 Å². The van der Waals surface area contributed by atoms with E-state index in [-0.39, 0.29) is 17.4 Å². The van der Waals surface area contributed by atoms with E-state index in [1.807, 2.05) is 20.8 Å². The van der Waals surface area contributed by atoms with E-state index in [9.17, 15) is 9.59 Å². The van der Waals surface area contributed by atoms with Gasteiger partial charge in [-0.1, -0.05) is 26.8 Å². The van der Waals surface area contributed by atoms with Gasteiger partial charge >= 0.3 is 11.9 Å². The van der Waals surface area contributed by atoms with E-state index < -0.39 is 11.9 Å². The molecule has 0 unspecified atom stereocenters. The summed E-state index contributed by atoms with van der Waals surface area (Å²) in [7, 11) is 1.25. The Hall–Kier alpha value is -1.32. The van der Waals surface area contributed by atoms with Crippen LogP contribution in [0, 0.1) is 5.41 Å². The van der Waals surface area contributed by atoms with Gasteiger partial charge in [-0.25, -0.2) is 4.79 Å². The SMILES string of the molecule is COC(=O)/C(=C/CC(C)(C)C)CC(=O)O. The molecule has 0 saturated carbocycles. The molecule has 15 heavy (non-hydrogen) atoms. The first kappa shape index (κ1) is 13.7. The van der Waals surface area contributed by atoms with Gasteiger partial charge in [-0.15, -0.1) is 0 Å². The minimum atomic E-state index is -1.03. The number of esters is 1. The number of carbonyl (C=O) groups excluding carboxylic acids is 1. The smallest absolute Gasteiger partial charge is 0.333 e. The molecule has 0 radical (unpaired) electrons. The summed E-state index contributed by atoms with van der Waals surface area (Å²) in [5.74, 6) is -1.60. The molecule has 0 aliphatic carbocycles. The molecular formula is C11H18O4. The molecule has 0 heterocycles. The highest BCUT2D eigenvalue weighted by Gasteiger charge is 2.15. The van der Waals surface area contributed by atoms with Crippen LogP contribution < -0.4 is 0 Å². The first-order valence-corrected chi connectivity index (χ1v) is 4.75. The third-order valence-electron chi connectivity index (χ3n) is 1.75. The topological polar surface area (TPSA) is 63.6 Å². The fourth-order valence-electron chi connectivity index (χ4n) is 0.951. The molecule has 4 heteroatoms. The Balaban J connectivity index is 4.62. The highest BCUT2D eigenvalue weighted by molar-refractivity contribution is 5.93. The molecule has 0 aromatic carbocycles. The van der Waals surface area contributed by atoms with Crippen molar-refractivity contribution in [2.45, 2.75) is 33.6 Å².